The van der Waals surface area contributed by atoms with Crippen molar-refractivity contribution in [1.29, 1.82) is 0 Å². The summed E-state index contributed by atoms with van der Waals surface area (Å²) in [5.41, 5.74) is 11.8. The van der Waals surface area contributed by atoms with Crippen molar-refractivity contribution in [3.8, 4) is 16.9 Å². The molecule has 2 heterocycles. The Morgan fingerprint density at radius 1 is 0.931 bits per heavy atom. The molecule has 0 aromatic heterocycles. The lowest BCUT2D eigenvalue weighted by Gasteiger charge is -2.14. The van der Waals surface area contributed by atoms with E-state index >= 15 is 0 Å². The van der Waals surface area contributed by atoms with Crippen molar-refractivity contribution in [2.45, 2.75) is 13.5 Å². The van der Waals surface area contributed by atoms with Gasteiger partial charge in [-0.2, -0.15) is 9.78 Å². The van der Waals surface area contributed by atoms with E-state index in [0.29, 0.717) is 12.1 Å². The molecule has 0 saturated heterocycles. The molecule has 0 spiro atoms. The maximum Gasteiger partial charge on any atom is 0.282 e. The molecule has 2 N–H and O–H groups in total. The number of anilines is 1. The second kappa shape index (κ2) is 6.63. The zero-order chi connectivity index (χ0) is 20.0. The third kappa shape index (κ3) is 2.88. The van der Waals surface area contributed by atoms with Gasteiger partial charge in [-0.05, 0) is 42.3 Å². The van der Waals surface area contributed by atoms with Crippen LogP contribution in [0.5, 0.6) is 0 Å². The average molecular weight is 380 g/mol. The number of para-hydroxylation sites is 2. The minimum absolute atomic E-state index is 0.105. The summed E-state index contributed by atoms with van der Waals surface area (Å²) in [4.78, 5) is 13.2. The first-order valence-electron chi connectivity index (χ1n) is 9.53. The molecule has 142 valence electrons. The highest BCUT2D eigenvalue weighted by Gasteiger charge is 2.21. The number of pyridine rings is 1. The van der Waals surface area contributed by atoms with E-state index in [1.165, 1.54) is 4.68 Å². The van der Waals surface area contributed by atoms with E-state index in [1.807, 2.05) is 79.9 Å². The van der Waals surface area contributed by atoms with Crippen LogP contribution in [-0.4, -0.2) is 14.3 Å². The topological polar surface area (TPSA) is 65.8 Å². The normalized spacial score (nSPS) is 11.3. The van der Waals surface area contributed by atoms with Crippen LogP contribution < -0.4 is 11.3 Å². The number of nitrogens with two attached hydrogens (primary N) is 1. The smallest absolute Gasteiger partial charge is 0.282 e. The molecule has 0 unspecified atom stereocenters. The lowest BCUT2D eigenvalue weighted by Crippen LogP contribution is -2.16. The molecular formula is C24H20N4O. The third-order valence-electron chi connectivity index (χ3n) is 5.31. The monoisotopic (exact) mass is 380 g/mol. The molecule has 5 heteroatoms. The molecule has 5 rings (SSSR count). The maximum atomic E-state index is 13.2. The van der Waals surface area contributed by atoms with Crippen LogP contribution in [0.2, 0.25) is 0 Å². The first kappa shape index (κ1) is 17.3. The molecule has 0 fully saturated rings. The first-order valence-corrected chi connectivity index (χ1v) is 9.53. The second-order valence-electron chi connectivity index (χ2n) is 7.28. The van der Waals surface area contributed by atoms with Crippen molar-refractivity contribution >= 4 is 16.6 Å². The van der Waals surface area contributed by atoms with Crippen molar-refractivity contribution < 1.29 is 0 Å². The van der Waals surface area contributed by atoms with Crippen molar-refractivity contribution in [2.75, 3.05) is 5.73 Å². The van der Waals surface area contributed by atoms with Crippen LogP contribution in [0.15, 0.2) is 83.8 Å². The standard InChI is InChI=1S/C24H20N4O/c1-16-6-2-4-8-21(16)28-24(29)20-15-27(14-17-10-12-18(25)13-11-17)22-9-5-3-7-19(22)23(20)26-28/h2-13,15H,14,25H2,1H3. The van der Waals surface area contributed by atoms with E-state index in [1.54, 1.807) is 0 Å². The van der Waals surface area contributed by atoms with Gasteiger partial charge in [0.2, 0.25) is 0 Å². The number of nitrogen functional groups attached to an aromatic ring is 1. The Balaban J connectivity index is 1.76. The van der Waals surface area contributed by atoms with Crippen LogP contribution in [-0.2, 0) is 6.54 Å². The Morgan fingerprint density at radius 2 is 1.66 bits per heavy atom. The molecule has 3 aromatic carbocycles. The average Bonchev–Trinajstić information content (AvgIpc) is 3.07. The van der Waals surface area contributed by atoms with E-state index in [2.05, 4.69) is 10.6 Å². The summed E-state index contributed by atoms with van der Waals surface area (Å²) in [5.74, 6) is 0. The van der Waals surface area contributed by atoms with Gasteiger partial charge >= 0.3 is 0 Å². The Labute approximate surface area is 168 Å². The van der Waals surface area contributed by atoms with Gasteiger partial charge < -0.3 is 10.3 Å². The van der Waals surface area contributed by atoms with Gasteiger partial charge in [-0.3, -0.25) is 4.79 Å². The van der Waals surface area contributed by atoms with Gasteiger partial charge in [0.05, 0.1) is 16.8 Å². The van der Waals surface area contributed by atoms with Gasteiger partial charge in [0.25, 0.3) is 5.56 Å². The summed E-state index contributed by atoms with van der Waals surface area (Å²) < 4.78 is 3.62. The van der Waals surface area contributed by atoms with Crippen LogP contribution in [0, 0.1) is 6.92 Å². The van der Waals surface area contributed by atoms with E-state index < -0.39 is 0 Å². The Bertz CT molecular complexity index is 1360. The number of benzene rings is 3. The summed E-state index contributed by atoms with van der Waals surface area (Å²) in [7, 11) is 0. The van der Waals surface area contributed by atoms with Gasteiger partial charge in [-0.1, -0.05) is 48.5 Å². The Kier molecular flexibility index (Phi) is 3.95. The van der Waals surface area contributed by atoms with Crippen LogP contribution in [0.25, 0.3) is 27.8 Å². The summed E-state index contributed by atoms with van der Waals surface area (Å²) in [5, 5.41) is 5.67. The highest BCUT2D eigenvalue weighted by molar-refractivity contribution is 5.93. The highest BCUT2D eigenvalue weighted by Crippen LogP contribution is 2.29. The molecule has 0 amide bonds. The van der Waals surface area contributed by atoms with E-state index in [-0.39, 0.29) is 5.56 Å². The SMILES string of the molecule is Cc1ccccc1-n1nc2c3ccccc3n(Cc3ccc(N)cc3)cc-2c1=O. The van der Waals surface area contributed by atoms with E-state index in [9.17, 15) is 4.79 Å². The number of aryl methyl sites for hydroxylation is 1. The van der Waals surface area contributed by atoms with Crippen molar-refractivity contribution in [3.05, 3.63) is 100 Å². The highest BCUT2D eigenvalue weighted by atomic mass is 16.1. The number of nitrogens with zero attached hydrogens (tertiary/aromatic N) is 3. The van der Waals surface area contributed by atoms with Gasteiger partial charge in [0.15, 0.2) is 0 Å². The minimum atomic E-state index is -0.105. The predicted molar refractivity (Wildman–Crippen MR) is 117 cm³/mol. The molecule has 0 radical (unpaired) electrons. The summed E-state index contributed by atoms with van der Waals surface area (Å²) in [6.45, 7) is 2.63. The second-order valence-corrected chi connectivity index (χ2v) is 7.28. The Hall–Kier alpha value is -3.86. The van der Waals surface area contributed by atoms with Crippen molar-refractivity contribution in [1.82, 2.24) is 14.3 Å². The molecule has 2 aliphatic rings. The minimum Gasteiger partial charge on any atom is -0.399 e. The van der Waals surface area contributed by atoms with Gasteiger partial charge in [0.1, 0.15) is 5.69 Å². The van der Waals surface area contributed by atoms with Crippen LogP contribution in [0.1, 0.15) is 11.1 Å². The lowest BCUT2D eigenvalue weighted by molar-refractivity contribution is 0.827. The zero-order valence-corrected chi connectivity index (χ0v) is 16.0. The largest absolute Gasteiger partial charge is 0.399 e. The van der Waals surface area contributed by atoms with Crippen molar-refractivity contribution in [2.24, 2.45) is 0 Å². The van der Waals surface area contributed by atoms with Gasteiger partial charge in [-0.15, -0.1) is 0 Å². The number of hydrogen-bond acceptors (Lipinski definition) is 3. The number of rotatable bonds is 3. The molecule has 0 atom stereocenters. The zero-order valence-electron chi connectivity index (χ0n) is 16.0. The number of fused-ring (bicyclic) bond motifs is 3. The molecule has 5 nitrogen and oxygen atoms in total. The molecular weight excluding hydrogens is 360 g/mol. The molecule has 0 saturated carbocycles. The molecule has 29 heavy (non-hydrogen) atoms. The van der Waals surface area contributed by atoms with Crippen molar-refractivity contribution in [3.63, 3.8) is 0 Å². The summed E-state index contributed by atoms with van der Waals surface area (Å²) >= 11 is 0. The Morgan fingerprint density at radius 3 is 2.45 bits per heavy atom. The van der Waals surface area contributed by atoms with E-state index in [4.69, 9.17) is 10.8 Å². The first-order chi connectivity index (χ1) is 14.1. The molecule has 0 bridgehead atoms. The van der Waals surface area contributed by atoms with E-state index in [0.717, 1.165) is 39.1 Å². The number of hydrogen-bond donors (Lipinski definition) is 1. The summed E-state index contributed by atoms with van der Waals surface area (Å²) in [6.07, 6.45) is 1.91. The number of aromatic nitrogens is 3. The molecule has 2 aliphatic heterocycles. The fourth-order valence-corrected chi connectivity index (χ4v) is 3.79. The lowest BCUT2D eigenvalue weighted by atomic mass is 10.1. The quantitative estimate of drug-likeness (QED) is 0.476. The predicted octanol–water partition coefficient (Wildman–Crippen LogP) is 4.23. The van der Waals surface area contributed by atoms with Gasteiger partial charge in [0, 0.05) is 23.8 Å². The fourth-order valence-electron chi connectivity index (χ4n) is 3.79. The van der Waals surface area contributed by atoms with Crippen LogP contribution in [0.3, 0.4) is 0 Å². The molecule has 0 aliphatic carbocycles. The fraction of sp³-hybridized carbons (Fsp3) is 0.0833. The van der Waals surface area contributed by atoms with Crippen LogP contribution in [0.4, 0.5) is 5.69 Å². The maximum absolute atomic E-state index is 13.2. The third-order valence-corrected chi connectivity index (χ3v) is 5.31. The van der Waals surface area contributed by atoms with Crippen LogP contribution >= 0.6 is 0 Å². The van der Waals surface area contributed by atoms with Gasteiger partial charge in [-0.25, -0.2) is 0 Å². The molecule has 3 aromatic rings. The summed E-state index contributed by atoms with van der Waals surface area (Å²) in [6, 6.07) is 23.7.